The molecule has 0 spiro atoms. The van der Waals surface area contributed by atoms with Gasteiger partial charge in [-0.25, -0.2) is 4.98 Å². The Hall–Kier alpha value is -1.21. The number of thioether (sulfide) groups is 1. The first-order chi connectivity index (χ1) is 7.29. The maximum Gasteiger partial charge on any atom is 0.316 e. The lowest BCUT2D eigenvalue weighted by Crippen LogP contribution is -2.03. The highest BCUT2D eigenvalue weighted by Gasteiger charge is 2.05. The molecule has 15 heavy (non-hydrogen) atoms. The molecule has 2 rings (SSSR count). The molecule has 0 aromatic carbocycles. The number of hydrogen-bond acceptors (Lipinski definition) is 7. The monoisotopic (exact) mass is 241 g/mol. The fourth-order valence-corrected chi connectivity index (χ4v) is 2.12. The van der Waals surface area contributed by atoms with Gasteiger partial charge in [0.2, 0.25) is 0 Å². The Morgan fingerprint density at radius 1 is 1.53 bits per heavy atom. The molecule has 0 fully saturated rings. The summed E-state index contributed by atoms with van der Waals surface area (Å²) in [6.07, 6.45) is 0. The predicted molar refractivity (Wildman–Crippen MR) is 58.0 cm³/mol. The first kappa shape index (κ1) is 10.3. The summed E-state index contributed by atoms with van der Waals surface area (Å²) in [5.41, 5.74) is 1.40. The zero-order chi connectivity index (χ0) is 10.7. The van der Waals surface area contributed by atoms with E-state index in [0.717, 1.165) is 22.3 Å². The predicted octanol–water partition coefficient (Wildman–Crippen LogP) is 1.35. The quantitative estimate of drug-likeness (QED) is 0.597. The van der Waals surface area contributed by atoms with E-state index in [4.69, 9.17) is 0 Å². The molecule has 78 valence electrons. The van der Waals surface area contributed by atoms with E-state index in [2.05, 4.69) is 18.5 Å². The van der Waals surface area contributed by atoms with Crippen LogP contribution < -0.4 is 0 Å². The van der Waals surface area contributed by atoms with Gasteiger partial charge in [-0.05, 0) is 12.1 Å². The van der Waals surface area contributed by atoms with Gasteiger partial charge >= 0.3 is 5.97 Å². The number of carbonyl (C=O) groups is 1. The molecule has 0 aliphatic carbocycles. The largest absolute Gasteiger partial charge is 0.468 e. The van der Waals surface area contributed by atoms with Crippen molar-refractivity contribution in [1.29, 1.82) is 0 Å². The van der Waals surface area contributed by atoms with Crippen molar-refractivity contribution in [3.8, 4) is 0 Å². The third-order valence-electron chi connectivity index (χ3n) is 1.66. The van der Waals surface area contributed by atoms with Crippen molar-refractivity contribution in [1.82, 2.24) is 13.7 Å². The molecule has 0 N–H and O–H groups in total. The number of methoxy groups -OCH3 is 1. The van der Waals surface area contributed by atoms with Crippen LogP contribution in [0.15, 0.2) is 17.2 Å². The number of fused-ring (bicyclic) bond motifs is 1. The molecule has 0 aliphatic rings. The van der Waals surface area contributed by atoms with E-state index in [1.165, 1.54) is 18.9 Å². The van der Waals surface area contributed by atoms with Gasteiger partial charge in [0.1, 0.15) is 5.52 Å². The van der Waals surface area contributed by atoms with E-state index in [9.17, 15) is 4.79 Å². The van der Waals surface area contributed by atoms with Gasteiger partial charge in [-0.15, -0.1) is 0 Å². The molecule has 2 heterocycles. The number of hydrogen-bond donors (Lipinski definition) is 0. The van der Waals surface area contributed by atoms with Gasteiger partial charge < -0.3 is 4.74 Å². The number of ether oxygens (including phenoxy) is 1. The van der Waals surface area contributed by atoms with Crippen LogP contribution in [0.25, 0.3) is 11.2 Å². The Kier molecular flexibility index (Phi) is 3.12. The molecule has 0 bridgehead atoms. The molecule has 0 saturated carbocycles. The van der Waals surface area contributed by atoms with Crippen LogP contribution in [0.1, 0.15) is 0 Å². The molecule has 0 amide bonds. The van der Waals surface area contributed by atoms with Crippen LogP contribution in [-0.4, -0.2) is 32.6 Å². The summed E-state index contributed by atoms with van der Waals surface area (Å²) in [6.45, 7) is 0. The zero-order valence-corrected chi connectivity index (χ0v) is 9.47. The summed E-state index contributed by atoms with van der Waals surface area (Å²) in [4.78, 5) is 15.1. The average molecular weight is 241 g/mol. The number of aromatic nitrogens is 3. The summed E-state index contributed by atoms with van der Waals surface area (Å²) in [6, 6.07) is 3.66. The van der Waals surface area contributed by atoms with Gasteiger partial charge in [0.05, 0.1) is 29.6 Å². The van der Waals surface area contributed by atoms with Crippen molar-refractivity contribution >= 4 is 40.6 Å². The molecule has 2 aromatic rings. The molecule has 0 aliphatic heterocycles. The lowest BCUT2D eigenvalue weighted by atomic mass is 10.4. The number of rotatable bonds is 3. The Labute approximate surface area is 94.2 Å². The highest BCUT2D eigenvalue weighted by atomic mass is 32.2. The Morgan fingerprint density at radius 3 is 3.20 bits per heavy atom. The average Bonchev–Trinajstić information content (AvgIpc) is 2.72. The van der Waals surface area contributed by atoms with E-state index in [-0.39, 0.29) is 11.7 Å². The highest BCUT2D eigenvalue weighted by molar-refractivity contribution is 7.99. The molecule has 0 saturated heterocycles. The normalized spacial score (nSPS) is 10.5. The molecule has 7 heteroatoms. The van der Waals surface area contributed by atoms with Crippen molar-refractivity contribution in [3.05, 3.63) is 12.1 Å². The van der Waals surface area contributed by atoms with Crippen molar-refractivity contribution < 1.29 is 9.53 Å². The van der Waals surface area contributed by atoms with Crippen LogP contribution in [0.2, 0.25) is 0 Å². The SMILES string of the molecule is COC(=O)CSc1ccc2nsnc2n1. The molecule has 2 aromatic heterocycles. The van der Waals surface area contributed by atoms with Gasteiger partial charge in [0.25, 0.3) is 0 Å². The first-order valence-electron chi connectivity index (χ1n) is 4.08. The molecule has 5 nitrogen and oxygen atoms in total. The summed E-state index contributed by atoms with van der Waals surface area (Å²) < 4.78 is 12.6. The maximum atomic E-state index is 10.9. The van der Waals surface area contributed by atoms with Crippen LogP contribution in [0.5, 0.6) is 0 Å². The minimum absolute atomic E-state index is 0.257. The molecular weight excluding hydrogens is 234 g/mol. The number of esters is 1. The second-order valence-corrected chi connectivity index (χ2v) is 4.15. The van der Waals surface area contributed by atoms with Crippen molar-refractivity contribution in [2.45, 2.75) is 5.03 Å². The number of carbonyl (C=O) groups excluding carboxylic acids is 1. The number of nitrogens with zero attached hydrogens (tertiary/aromatic N) is 3. The molecular formula is C8H7N3O2S2. The van der Waals surface area contributed by atoms with Gasteiger partial charge in [-0.3, -0.25) is 4.79 Å². The van der Waals surface area contributed by atoms with Crippen LogP contribution in [0.4, 0.5) is 0 Å². The first-order valence-corrected chi connectivity index (χ1v) is 5.80. The molecule has 0 radical (unpaired) electrons. The van der Waals surface area contributed by atoms with E-state index in [0.29, 0.717) is 5.65 Å². The lowest BCUT2D eigenvalue weighted by molar-refractivity contribution is -0.137. The highest BCUT2D eigenvalue weighted by Crippen LogP contribution is 2.18. The Bertz CT molecular complexity index is 485. The van der Waals surface area contributed by atoms with E-state index in [1.54, 1.807) is 0 Å². The summed E-state index contributed by atoms with van der Waals surface area (Å²) >= 11 is 2.45. The second kappa shape index (κ2) is 4.54. The van der Waals surface area contributed by atoms with Crippen LogP contribution in [0, 0.1) is 0 Å². The standard InChI is InChI=1S/C8H7N3O2S2/c1-13-7(12)4-14-6-3-2-5-8(9-6)11-15-10-5/h2-3H,4H2,1H3. The fourth-order valence-electron chi connectivity index (χ4n) is 0.937. The van der Waals surface area contributed by atoms with E-state index >= 15 is 0 Å². The summed E-state index contributed by atoms with van der Waals surface area (Å²) in [5, 5.41) is 0.751. The zero-order valence-electron chi connectivity index (χ0n) is 7.84. The molecule has 0 atom stereocenters. The van der Waals surface area contributed by atoms with Crippen LogP contribution in [-0.2, 0) is 9.53 Å². The number of pyridine rings is 1. The summed E-state index contributed by atoms with van der Waals surface area (Å²) in [5.74, 6) is -0.00894. The van der Waals surface area contributed by atoms with Gasteiger partial charge in [0, 0.05) is 0 Å². The van der Waals surface area contributed by atoms with Crippen LogP contribution >= 0.6 is 23.5 Å². The third kappa shape index (κ3) is 2.42. The van der Waals surface area contributed by atoms with Crippen molar-refractivity contribution in [2.24, 2.45) is 0 Å². The third-order valence-corrected chi connectivity index (χ3v) is 3.10. The smallest absolute Gasteiger partial charge is 0.316 e. The van der Waals surface area contributed by atoms with E-state index < -0.39 is 0 Å². The Morgan fingerprint density at radius 2 is 2.40 bits per heavy atom. The lowest BCUT2D eigenvalue weighted by Gasteiger charge is -1.98. The van der Waals surface area contributed by atoms with Gasteiger partial charge in [-0.2, -0.15) is 8.75 Å². The van der Waals surface area contributed by atoms with E-state index in [1.807, 2.05) is 12.1 Å². The van der Waals surface area contributed by atoms with Crippen molar-refractivity contribution in [2.75, 3.05) is 12.9 Å². The van der Waals surface area contributed by atoms with Gasteiger partial charge in [-0.1, -0.05) is 11.8 Å². The van der Waals surface area contributed by atoms with Crippen LogP contribution in [0.3, 0.4) is 0 Å². The minimum atomic E-state index is -0.265. The van der Waals surface area contributed by atoms with Crippen molar-refractivity contribution in [3.63, 3.8) is 0 Å². The maximum absolute atomic E-state index is 10.9. The minimum Gasteiger partial charge on any atom is -0.468 e. The second-order valence-electron chi connectivity index (χ2n) is 2.62. The molecule has 0 unspecified atom stereocenters. The van der Waals surface area contributed by atoms with Gasteiger partial charge in [0.15, 0.2) is 5.65 Å². The Balaban J connectivity index is 2.11. The summed E-state index contributed by atoms with van der Waals surface area (Å²) in [7, 11) is 1.36. The fraction of sp³-hybridized carbons (Fsp3) is 0.250. The topological polar surface area (TPSA) is 65.0 Å².